The summed E-state index contributed by atoms with van der Waals surface area (Å²) in [5.74, 6) is 1.06. The lowest BCUT2D eigenvalue weighted by Crippen LogP contribution is -2.06. The number of aryl methyl sites for hydroxylation is 1. The van der Waals surface area contributed by atoms with E-state index in [4.69, 9.17) is 5.73 Å². The fourth-order valence-electron chi connectivity index (χ4n) is 1.57. The van der Waals surface area contributed by atoms with E-state index >= 15 is 0 Å². The summed E-state index contributed by atoms with van der Waals surface area (Å²) in [5, 5.41) is 11.7. The molecule has 0 aliphatic heterocycles. The third-order valence-corrected chi connectivity index (χ3v) is 3.21. The van der Waals surface area contributed by atoms with Crippen molar-refractivity contribution in [1.29, 1.82) is 0 Å². The Kier molecular flexibility index (Phi) is 3.15. The fourth-order valence-corrected chi connectivity index (χ4v) is 2.19. The predicted molar refractivity (Wildman–Crippen MR) is 70.1 cm³/mol. The maximum absolute atomic E-state index is 5.92. The maximum atomic E-state index is 5.92. The topological polar surface area (TPSA) is 69.6 Å². The predicted octanol–water partition coefficient (Wildman–Crippen LogP) is 2.44. The first kappa shape index (κ1) is 12.0. The van der Waals surface area contributed by atoms with Crippen molar-refractivity contribution in [2.75, 3.05) is 5.73 Å². The Bertz CT molecular complexity index is 547. The van der Waals surface area contributed by atoms with Crippen LogP contribution in [0.25, 0.3) is 5.69 Å². The SMILES string of the molecule is Cc1cc(Br)c(-n2nnnc2C(C)C)cc1N. The summed E-state index contributed by atoms with van der Waals surface area (Å²) >= 11 is 3.51. The maximum Gasteiger partial charge on any atom is 0.159 e. The Morgan fingerprint density at radius 3 is 2.71 bits per heavy atom. The highest BCUT2D eigenvalue weighted by molar-refractivity contribution is 9.10. The Balaban J connectivity index is 2.60. The van der Waals surface area contributed by atoms with E-state index < -0.39 is 0 Å². The fraction of sp³-hybridized carbons (Fsp3) is 0.364. The Morgan fingerprint density at radius 2 is 2.06 bits per heavy atom. The van der Waals surface area contributed by atoms with Gasteiger partial charge in [-0.3, -0.25) is 0 Å². The second kappa shape index (κ2) is 4.44. The molecule has 0 atom stereocenters. The molecule has 0 unspecified atom stereocenters. The number of rotatable bonds is 2. The van der Waals surface area contributed by atoms with Gasteiger partial charge < -0.3 is 5.73 Å². The molecule has 0 amide bonds. The number of anilines is 1. The zero-order valence-corrected chi connectivity index (χ0v) is 11.6. The van der Waals surface area contributed by atoms with Gasteiger partial charge in [0.05, 0.1) is 5.69 Å². The van der Waals surface area contributed by atoms with Crippen LogP contribution in [-0.2, 0) is 0 Å². The van der Waals surface area contributed by atoms with Crippen LogP contribution in [0.5, 0.6) is 0 Å². The van der Waals surface area contributed by atoms with Gasteiger partial charge >= 0.3 is 0 Å². The van der Waals surface area contributed by atoms with Crippen LogP contribution in [-0.4, -0.2) is 20.2 Å². The van der Waals surface area contributed by atoms with Crippen LogP contribution in [0.4, 0.5) is 5.69 Å². The molecule has 0 saturated carbocycles. The minimum Gasteiger partial charge on any atom is -0.398 e. The van der Waals surface area contributed by atoms with Gasteiger partial charge in [0.25, 0.3) is 0 Å². The van der Waals surface area contributed by atoms with Gasteiger partial charge in [0, 0.05) is 16.1 Å². The highest BCUT2D eigenvalue weighted by Crippen LogP contribution is 2.27. The number of aromatic nitrogens is 4. The third kappa shape index (κ3) is 2.17. The smallest absolute Gasteiger partial charge is 0.159 e. The molecule has 2 rings (SSSR count). The number of halogens is 1. The van der Waals surface area contributed by atoms with Crippen molar-refractivity contribution in [1.82, 2.24) is 20.2 Å². The second-order valence-electron chi connectivity index (χ2n) is 4.26. The van der Waals surface area contributed by atoms with Gasteiger partial charge in [-0.15, -0.1) is 5.10 Å². The summed E-state index contributed by atoms with van der Waals surface area (Å²) in [6.07, 6.45) is 0. The number of nitrogens with two attached hydrogens (primary N) is 1. The van der Waals surface area contributed by atoms with Gasteiger partial charge in [0.1, 0.15) is 0 Å². The van der Waals surface area contributed by atoms with Crippen LogP contribution in [0.1, 0.15) is 31.2 Å². The molecule has 0 saturated heterocycles. The molecule has 0 fully saturated rings. The van der Waals surface area contributed by atoms with Crippen LogP contribution >= 0.6 is 15.9 Å². The van der Waals surface area contributed by atoms with Gasteiger partial charge in [-0.25, -0.2) is 0 Å². The van der Waals surface area contributed by atoms with E-state index in [1.54, 1.807) is 4.68 Å². The number of nitrogens with zero attached hydrogens (tertiary/aromatic N) is 4. The quantitative estimate of drug-likeness (QED) is 0.864. The van der Waals surface area contributed by atoms with Crippen LogP contribution in [0.15, 0.2) is 16.6 Å². The molecule has 0 spiro atoms. The molecule has 2 N–H and O–H groups in total. The number of nitrogen functional groups attached to an aromatic ring is 1. The summed E-state index contributed by atoms with van der Waals surface area (Å²) in [4.78, 5) is 0. The summed E-state index contributed by atoms with van der Waals surface area (Å²) in [6.45, 7) is 6.06. The molecule has 1 heterocycles. The molecular weight excluding hydrogens is 282 g/mol. The van der Waals surface area contributed by atoms with Crippen molar-refractivity contribution >= 4 is 21.6 Å². The first-order valence-corrected chi connectivity index (χ1v) is 6.14. The normalized spacial score (nSPS) is 11.1. The molecule has 17 heavy (non-hydrogen) atoms. The molecule has 5 nitrogen and oxygen atoms in total. The molecular formula is C11H14BrN5. The Hall–Kier alpha value is -1.43. The molecule has 1 aromatic heterocycles. The van der Waals surface area contributed by atoms with Gasteiger partial charge in [0.2, 0.25) is 0 Å². The van der Waals surface area contributed by atoms with Gasteiger partial charge in [-0.05, 0) is 51.0 Å². The largest absolute Gasteiger partial charge is 0.398 e. The first-order chi connectivity index (χ1) is 8.00. The van der Waals surface area contributed by atoms with Crippen molar-refractivity contribution in [3.05, 3.63) is 28.0 Å². The van der Waals surface area contributed by atoms with Crippen LogP contribution in [0.2, 0.25) is 0 Å². The number of hydrogen-bond donors (Lipinski definition) is 1. The molecule has 0 radical (unpaired) electrons. The van der Waals surface area contributed by atoms with E-state index in [0.29, 0.717) is 0 Å². The summed E-state index contributed by atoms with van der Waals surface area (Å²) in [5.41, 5.74) is 8.54. The van der Waals surface area contributed by atoms with E-state index in [2.05, 4.69) is 31.5 Å². The number of tetrazole rings is 1. The van der Waals surface area contributed by atoms with Crippen LogP contribution in [0.3, 0.4) is 0 Å². The lowest BCUT2D eigenvalue weighted by atomic mass is 10.1. The highest BCUT2D eigenvalue weighted by Gasteiger charge is 2.14. The van der Waals surface area contributed by atoms with Crippen molar-refractivity contribution < 1.29 is 0 Å². The average molecular weight is 296 g/mol. The minimum absolute atomic E-state index is 0.249. The van der Waals surface area contributed by atoms with E-state index in [1.165, 1.54) is 0 Å². The highest BCUT2D eigenvalue weighted by atomic mass is 79.9. The van der Waals surface area contributed by atoms with Crippen LogP contribution < -0.4 is 5.73 Å². The monoisotopic (exact) mass is 295 g/mol. The lowest BCUT2D eigenvalue weighted by molar-refractivity contribution is 0.708. The zero-order chi connectivity index (χ0) is 12.6. The summed E-state index contributed by atoms with van der Waals surface area (Å²) in [7, 11) is 0. The van der Waals surface area contributed by atoms with Crippen molar-refractivity contribution in [2.24, 2.45) is 0 Å². The van der Waals surface area contributed by atoms with E-state index in [0.717, 1.165) is 27.2 Å². The van der Waals surface area contributed by atoms with Gasteiger partial charge in [0.15, 0.2) is 5.82 Å². The molecule has 90 valence electrons. The second-order valence-corrected chi connectivity index (χ2v) is 5.12. The summed E-state index contributed by atoms with van der Waals surface area (Å²) in [6, 6.07) is 3.85. The average Bonchev–Trinajstić information content (AvgIpc) is 2.72. The van der Waals surface area contributed by atoms with E-state index in [-0.39, 0.29) is 5.92 Å². The molecule has 6 heteroatoms. The molecule has 0 aliphatic rings. The zero-order valence-electron chi connectivity index (χ0n) is 9.98. The van der Waals surface area contributed by atoms with Crippen molar-refractivity contribution in [3.63, 3.8) is 0 Å². The van der Waals surface area contributed by atoms with E-state index in [1.807, 2.05) is 32.9 Å². The first-order valence-electron chi connectivity index (χ1n) is 5.35. The molecule has 0 aliphatic carbocycles. The standard InChI is InChI=1S/C11H14BrN5/c1-6(2)11-14-15-16-17(11)10-5-9(13)7(3)4-8(10)12/h4-6H,13H2,1-3H3. The third-order valence-electron chi connectivity index (χ3n) is 2.57. The Labute approximate surface area is 108 Å². The van der Waals surface area contributed by atoms with Gasteiger partial charge in [-0.2, -0.15) is 4.68 Å². The molecule has 1 aromatic carbocycles. The number of hydrogen-bond acceptors (Lipinski definition) is 4. The van der Waals surface area contributed by atoms with Crippen molar-refractivity contribution in [3.8, 4) is 5.69 Å². The van der Waals surface area contributed by atoms with E-state index in [9.17, 15) is 0 Å². The van der Waals surface area contributed by atoms with Crippen LogP contribution in [0, 0.1) is 6.92 Å². The molecule has 2 aromatic rings. The number of benzene rings is 1. The Morgan fingerprint density at radius 1 is 1.35 bits per heavy atom. The minimum atomic E-state index is 0.249. The van der Waals surface area contributed by atoms with Gasteiger partial charge in [-0.1, -0.05) is 13.8 Å². The lowest BCUT2D eigenvalue weighted by Gasteiger charge is -2.11. The van der Waals surface area contributed by atoms with Crippen molar-refractivity contribution in [2.45, 2.75) is 26.7 Å². The molecule has 0 bridgehead atoms. The summed E-state index contributed by atoms with van der Waals surface area (Å²) < 4.78 is 2.64.